The average Bonchev–Trinajstić information content (AvgIpc) is 3.43. The lowest BCUT2D eigenvalue weighted by Crippen LogP contribution is -2.37. The fourth-order valence-corrected chi connectivity index (χ4v) is 5.26. The van der Waals surface area contributed by atoms with Crippen molar-refractivity contribution in [2.75, 3.05) is 26.7 Å². The summed E-state index contributed by atoms with van der Waals surface area (Å²) in [6.07, 6.45) is 8.47. The third-order valence-corrected chi connectivity index (χ3v) is 7.21. The topological polar surface area (TPSA) is 83.0 Å². The number of pyridine rings is 1. The first-order chi connectivity index (χ1) is 15.0. The van der Waals surface area contributed by atoms with Crippen LogP contribution < -0.4 is 10.9 Å². The first kappa shape index (κ1) is 20.2. The second-order valence-corrected chi connectivity index (χ2v) is 9.41. The minimum Gasteiger partial charge on any atom is -0.352 e. The maximum absolute atomic E-state index is 13.1. The molecule has 1 saturated carbocycles. The van der Waals surface area contributed by atoms with Gasteiger partial charge >= 0.3 is 0 Å². The van der Waals surface area contributed by atoms with E-state index in [0.717, 1.165) is 60.8 Å². The summed E-state index contributed by atoms with van der Waals surface area (Å²) in [4.78, 5) is 31.1. The van der Waals surface area contributed by atoms with Gasteiger partial charge < -0.3 is 15.2 Å². The summed E-state index contributed by atoms with van der Waals surface area (Å²) in [6.45, 7) is 4.82. The minimum atomic E-state index is -0.120. The number of nitrogens with one attached hydrogen (secondary N) is 2. The van der Waals surface area contributed by atoms with Crippen molar-refractivity contribution in [3.8, 4) is 0 Å². The molecule has 7 nitrogen and oxygen atoms in total. The Labute approximate surface area is 181 Å². The molecular formula is C24H31N5O2. The maximum atomic E-state index is 13.1. The molecule has 5 rings (SSSR count). The van der Waals surface area contributed by atoms with Gasteiger partial charge in [-0.1, -0.05) is 12.8 Å². The molecule has 1 aliphatic heterocycles. The van der Waals surface area contributed by atoms with Crippen LogP contribution in [0.5, 0.6) is 0 Å². The number of aromatic amines is 1. The molecule has 31 heavy (non-hydrogen) atoms. The number of amides is 1. The summed E-state index contributed by atoms with van der Waals surface area (Å²) < 4.78 is 2.02. The van der Waals surface area contributed by atoms with Crippen molar-refractivity contribution in [2.24, 2.45) is 5.92 Å². The smallest absolute Gasteiger partial charge is 0.259 e. The monoisotopic (exact) mass is 421 g/mol. The molecule has 0 bridgehead atoms. The number of benzene rings is 1. The van der Waals surface area contributed by atoms with E-state index in [4.69, 9.17) is 0 Å². The van der Waals surface area contributed by atoms with Crippen molar-refractivity contribution in [2.45, 2.75) is 51.5 Å². The molecule has 2 fully saturated rings. The van der Waals surface area contributed by atoms with Crippen molar-refractivity contribution in [1.82, 2.24) is 25.0 Å². The zero-order valence-corrected chi connectivity index (χ0v) is 18.4. The quantitative estimate of drug-likeness (QED) is 0.677. The molecule has 3 aromatic rings. The number of rotatable bonds is 4. The summed E-state index contributed by atoms with van der Waals surface area (Å²) in [5.41, 5.74) is 3.05. The summed E-state index contributed by atoms with van der Waals surface area (Å²) in [5.74, 6) is 0.498. The zero-order chi connectivity index (χ0) is 21.5. The third-order valence-electron chi connectivity index (χ3n) is 7.21. The van der Waals surface area contributed by atoms with Gasteiger partial charge in [0.25, 0.3) is 11.5 Å². The molecule has 2 N–H and O–H groups in total. The molecule has 1 amide bonds. The number of H-pyrrole nitrogens is 1. The molecule has 1 aliphatic carbocycles. The number of hydrogen-bond donors (Lipinski definition) is 2. The van der Waals surface area contributed by atoms with Crippen molar-refractivity contribution >= 4 is 27.7 Å². The van der Waals surface area contributed by atoms with E-state index >= 15 is 0 Å². The fraction of sp³-hybridized carbons (Fsp3) is 0.542. The lowest BCUT2D eigenvalue weighted by Gasteiger charge is -2.29. The van der Waals surface area contributed by atoms with Gasteiger partial charge in [-0.3, -0.25) is 14.3 Å². The number of carbonyl (C=O) groups excluding carboxylic acids is 1. The normalized spacial score (nSPS) is 18.9. The minimum absolute atomic E-state index is 0.0374. The number of carbonyl (C=O) groups is 1. The van der Waals surface area contributed by atoms with E-state index in [2.05, 4.69) is 27.3 Å². The standard InChI is InChI=1S/C24H31N5O2/c1-15-11-21-19(12-18(15)23(30)25-13-16-7-9-28(2)10-8-16)22-20(24(31)27-21)14-26-29(22)17-5-3-4-6-17/h11-12,14,16-17H,3-10,13H2,1-2H3,(H,25,30)(H,27,31). The second kappa shape index (κ2) is 8.11. The average molecular weight is 422 g/mol. The highest BCUT2D eigenvalue weighted by atomic mass is 16.1. The highest BCUT2D eigenvalue weighted by Crippen LogP contribution is 2.33. The lowest BCUT2D eigenvalue weighted by atomic mass is 9.96. The molecule has 0 radical (unpaired) electrons. The van der Waals surface area contributed by atoms with E-state index in [9.17, 15) is 9.59 Å². The third kappa shape index (κ3) is 3.76. The molecule has 0 unspecified atom stereocenters. The number of likely N-dealkylation sites (tertiary alicyclic amines) is 1. The van der Waals surface area contributed by atoms with Gasteiger partial charge in [-0.05, 0) is 76.4 Å². The molecule has 0 atom stereocenters. The van der Waals surface area contributed by atoms with Crippen molar-refractivity contribution in [3.63, 3.8) is 0 Å². The van der Waals surface area contributed by atoms with E-state index in [1.807, 2.05) is 23.7 Å². The highest BCUT2D eigenvalue weighted by Gasteiger charge is 2.23. The molecule has 7 heteroatoms. The zero-order valence-electron chi connectivity index (χ0n) is 18.4. The van der Waals surface area contributed by atoms with E-state index < -0.39 is 0 Å². The Bertz CT molecular complexity index is 1180. The van der Waals surface area contributed by atoms with E-state index in [0.29, 0.717) is 29.5 Å². The van der Waals surface area contributed by atoms with Crippen LogP contribution in [0.1, 0.15) is 60.5 Å². The van der Waals surface area contributed by atoms with Gasteiger partial charge in [-0.25, -0.2) is 0 Å². The van der Waals surface area contributed by atoms with Gasteiger partial charge in [0.1, 0.15) is 0 Å². The molecule has 2 aromatic heterocycles. The Hall–Kier alpha value is -2.67. The first-order valence-electron chi connectivity index (χ1n) is 11.5. The Kier molecular flexibility index (Phi) is 5.30. The molecule has 164 valence electrons. The van der Waals surface area contributed by atoms with Crippen LogP contribution in [0.2, 0.25) is 0 Å². The number of fused-ring (bicyclic) bond motifs is 3. The Morgan fingerprint density at radius 1 is 1.16 bits per heavy atom. The van der Waals surface area contributed by atoms with E-state index in [-0.39, 0.29) is 11.5 Å². The van der Waals surface area contributed by atoms with Crippen LogP contribution >= 0.6 is 0 Å². The molecule has 3 heterocycles. The SMILES string of the molecule is Cc1cc2[nH]c(=O)c3cnn(C4CCCC4)c3c2cc1C(=O)NCC1CCN(C)CC1. The van der Waals surface area contributed by atoms with Crippen LogP contribution in [0.15, 0.2) is 23.1 Å². The largest absolute Gasteiger partial charge is 0.352 e. The number of aryl methyl sites for hydroxylation is 1. The number of aromatic nitrogens is 3. The highest BCUT2D eigenvalue weighted by molar-refractivity contribution is 6.07. The van der Waals surface area contributed by atoms with Gasteiger partial charge in [0.2, 0.25) is 0 Å². The summed E-state index contributed by atoms with van der Waals surface area (Å²) in [6, 6.07) is 4.19. The maximum Gasteiger partial charge on any atom is 0.259 e. The summed E-state index contributed by atoms with van der Waals surface area (Å²) in [5, 5.41) is 9.24. The predicted molar refractivity (Wildman–Crippen MR) is 123 cm³/mol. The van der Waals surface area contributed by atoms with Crippen LogP contribution in [0, 0.1) is 12.8 Å². The van der Waals surface area contributed by atoms with Crippen LogP contribution in [-0.4, -0.2) is 52.3 Å². The van der Waals surface area contributed by atoms with Crippen molar-refractivity contribution < 1.29 is 4.79 Å². The van der Waals surface area contributed by atoms with Gasteiger partial charge in [0.15, 0.2) is 0 Å². The molecule has 1 aromatic carbocycles. The number of hydrogen-bond acceptors (Lipinski definition) is 4. The van der Waals surface area contributed by atoms with Crippen molar-refractivity contribution in [1.29, 1.82) is 0 Å². The van der Waals surface area contributed by atoms with Crippen LogP contribution in [0.4, 0.5) is 0 Å². The fourth-order valence-electron chi connectivity index (χ4n) is 5.26. The van der Waals surface area contributed by atoms with Crippen molar-refractivity contribution in [3.05, 3.63) is 39.8 Å². The lowest BCUT2D eigenvalue weighted by molar-refractivity contribution is 0.0938. The summed E-state index contributed by atoms with van der Waals surface area (Å²) in [7, 11) is 2.15. The molecule has 2 aliphatic rings. The molecule has 1 saturated heterocycles. The predicted octanol–water partition coefficient (Wildman–Crippen LogP) is 3.37. The van der Waals surface area contributed by atoms with E-state index in [1.165, 1.54) is 12.8 Å². The van der Waals surface area contributed by atoms with Crippen LogP contribution in [-0.2, 0) is 0 Å². The molecular weight excluding hydrogens is 390 g/mol. The number of nitrogens with zero attached hydrogens (tertiary/aromatic N) is 3. The Balaban J connectivity index is 1.50. The second-order valence-electron chi connectivity index (χ2n) is 9.41. The summed E-state index contributed by atoms with van der Waals surface area (Å²) >= 11 is 0. The Morgan fingerprint density at radius 2 is 1.90 bits per heavy atom. The van der Waals surface area contributed by atoms with Crippen LogP contribution in [0.3, 0.4) is 0 Å². The van der Waals surface area contributed by atoms with Gasteiger partial charge in [-0.15, -0.1) is 0 Å². The molecule has 0 spiro atoms. The van der Waals surface area contributed by atoms with E-state index in [1.54, 1.807) is 6.20 Å². The number of piperidine rings is 1. The first-order valence-corrected chi connectivity index (χ1v) is 11.5. The Morgan fingerprint density at radius 3 is 2.65 bits per heavy atom. The van der Waals surface area contributed by atoms with Gasteiger partial charge in [0.05, 0.1) is 28.7 Å². The van der Waals surface area contributed by atoms with Crippen LogP contribution in [0.25, 0.3) is 21.8 Å². The van der Waals surface area contributed by atoms with Gasteiger partial charge in [0, 0.05) is 17.5 Å². The van der Waals surface area contributed by atoms with Gasteiger partial charge in [-0.2, -0.15) is 5.10 Å².